The highest BCUT2D eigenvalue weighted by molar-refractivity contribution is 9.11. The first-order valence-electron chi connectivity index (χ1n) is 4.31. The number of nitrogens with two attached hydrogens (primary N) is 1. The van der Waals surface area contributed by atoms with E-state index >= 15 is 0 Å². The van der Waals surface area contributed by atoms with Crippen LogP contribution in [0.5, 0.6) is 0 Å². The Bertz CT molecular complexity index is 307. The van der Waals surface area contributed by atoms with Crippen molar-refractivity contribution in [2.45, 2.75) is 12.3 Å². The third-order valence-electron chi connectivity index (χ3n) is 1.99. The minimum absolute atomic E-state index is 0.113. The quantitative estimate of drug-likeness (QED) is 0.891. The summed E-state index contributed by atoms with van der Waals surface area (Å²) in [6.07, 6.45) is 2.38. The highest BCUT2D eigenvalue weighted by atomic mass is 79.9. The number of halogens is 2. The molecule has 1 aromatic rings. The fourth-order valence-corrected chi connectivity index (χ4v) is 2.56. The molecule has 0 amide bonds. The molecule has 0 fully saturated rings. The SMILES string of the molecule is NCC(CCO)c1ncc(Br)cc1Br. The van der Waals surface area contributed by atoms with Gasteiger partial charge in [-0.1, -0.05) is 0 Å². The van der Waals surface area contributed by atoms with Crippen molar-refractivity contribution >= 4 is 31.9 Å². The number of pyridine rings is 1. The molecule has 5 heteroatoms. The van der Waals surface area contributed by atoms with E-state index < -0.39 is 0 Å². The van der Waals surface area contributed by atoms with Crippen molar-refractivity contribution in [2.24, 2.45) is 5.73 Å². The lowest BCUT2D eigenvalue weighted by atomic mass is 10.0. The van der Waals surface area contributed by atoms with Gasteiger partial charge in [-0.2, -0.15) is 0 Å². The maximum atomic E-state index is 8.87. The van der Waals surface area contributed by atoms with E-state index in [1.54, 1.807) is 6.20 Å². The first-order chi connectivity index (χ1) is 6.69. The number of hydrogen-bond donors (Lipinski definition) is 2. The maximum Gasteiger partial charge on any atom is 0.0590 e. The summed E-state index contributed by atoms with van der Waals surface area (Å²) in [5.41, 5.74) is 6.52. The molecule has 0 aromatic carbocycles. The minimum atomic E-state index is 0.113. The first kappa shape index (κ1) is 12.1. The van der Waals surface area contributed by atoms with Crippen molar-refractivity contribution < 1.29 is 5.11 Å². The van der Waals surface area contributed by atoms with Crippen molar-refractivity contribution in [3.8, 4) is 0 Å². The second-order valence-corrected chi connectivity index (χ2v) is 4.74. The number of hydrogen-bond acceptors (Lipinski definition) is 3. The standard InChI is InChI=1S/C9H12Br2N2O/c10-7-3-8(11)9(13-5-7)6(4-12)1-2-14/h3,5-6,14H,1-2,4,12H2. The molecule has 0 saturated carbocycles. The highest BCUT2D eigenvalue weighted by Crippen LogP contribution is 2.26. The third kappa shape index (κ3) is 3.02. The Balaban J connectivity index is 2.92. The Morgan fingerprint density at radius 3 is 2.71 bits per heavy atom. The lowest BCUT2D eigenvalue weighted by molar-refractivity contribution is 0.275. The zero-order valence-electron chi connectivity index (χ0n) is 7.58. The summed E-state index contributed by atoms with van der Waals surface area (Å²) in [6, 6.07) is 1.93. The molecular weight excluding hydrogens is 312 g/mol. The van der Waals surface area contributed by atoms with E-state index in [1.165, 1.54) is 0 Å². The number of aliphatic hydroxyl groups is 1. The van der Waals surface area contributed by atoms with Crippen molar-refractivity contribution in [1.82, 2.24) is 4.98 Å². The van der Waals surface area contributed by atoms with Crippen LogP contribution in [0.25, 0.3) is 0 Å². The second kappa shape index (κ2) is 5.80. The van der Waals surface area contributed by atoms with Gasteiger partial charge in [-0.05, 0) is 44.3 Å². The topological polar surface area (TPSA) is 59.1 Å². The van der Waals surface area contributed by atoms with Crippen LogP contribution in [0.2, 0.25) is 0 Å². The van der Waals surface area contributed by atoms with Crippen LogP contribution in [0.15, 0.2) is 21.2 Å². The van der Waals surface area contributed by atoms with Gasteiger partial charge in [0.25, 0.3) is 0 Å². The van der Waals surface area contributed by atoms with Crippen LogP contribution in [0.1, 0.15) is 18.0 Å². The van der Waals surface area contributed by atoms with Gasteiger partial charge in [0.2, 0.25) is 0 Å². The molecule has 1 atom stereocenters. The van der Waals surface area contributed by atoms with Crippen molar-refractivity contribution in [3.63, 3.8) is 0 Å². The number of nitrogens with zero attached hydrogens (tertiary/aromatic N) is 1. The molecule has 0 bridgehead atoms. The van der Waals surface area contributed by atoms with Crippen LogP contribution >= 0.6 is 31.9 Å². The fraction of sp³-hybridized carbons (Fsp3) is 0.444. The van der Waals surface area contributed by atoms with Gasteiger partial charge in [0.05, 0.1) is 5.69 Å². The van der Waals surface area contributed by atoms with Gasteiger partial charge >= 0.3 is 0 Å². The largest absolute Gasteiger partial charge is 0.396 e. The average molecular weight is 324 g/mol. The summed E-state index contributed by atoms with van der Waals surface area (Å²) < 4.78 is 1.85. The smallest absolute Gasteiger partial charge is 0.0590 e. The normalized spacial score (nSPS) is 12.9. The predicted octanol–water partition coefficient (Wildman–Crippen LogP) is 2.03. The first-order valence-corrected chi connectivity index (χ1v) is 5.89. The van der Waals surface area contributed by atoms with E-state index in [1.807, 2.05) is 6.07 Å². The van der Waals surface area contributed by atoms with Gasteiger partial charge in [-0.15, -0.1) is 0 Å². The zero-order valence-corrected chi connectivity index (χ0v) is 10.8. The zero-order chi connectivity index (χ0) is 10.6. The van der Waals surface area contributed by atoms with Gasteiger partial charge in [-0.3, -0.25) is 4.98 Å². The van der Waals surface area contributed by atoms with Crippen LogP contribution < -0.4 is 5.73 Å². The van der Waals surface area contributed by atoms with Crippen molar-refractivity contribution in [1.29, 1.82) is 0 Å². The highest BCUT2D eigenvalue weighted by Gasteiger charge is 2.14. The molecule has 1 aromatic heterocycles. The number of aromatic nitrogens is 1. The van der Waals surface area contributed by atoms with E-state index in [9.17, 15) is 0 Å². The van der Waals surface area contributed by atoms with E-state index in [4.69, 9.17) is 10.8 Å². The van der Waals surface area contributed by atoms with Crippen LogP contribution in [0.4, 0.5) is 0 Å². The molecule has 1 unspecified atom stereocenters. The van der Waals surface area contributed by atoms with Gasteiger partial charge in [0.15, 0.2) is 0 Å². The van der Waals surface area contributed by atoms with Gasteiger partial charge in [0.1, 0.15) is 0 Å². The number of aliphatic hydroxyl groups excluding tert-OH is 1. The Labute approximate surface area is 100.0 Å². The molecule has 78 valence electrons. The molecule has 1 heterocycles. The summed E-state index contributed by atoms with van der Waals surface area (Å²) in [5.74, 6) is 0.113. The molecule has 1 rings (SSSR count). The minimum Gasteiger partial charge on any atom is -0.396 e. The van der Waals surface area contributed by atoms with Crippen molar-refractivity contribution in [2.75, 3.05) is 13.2 Å². The molecule has 0 aliphatic carbocycles. The summed E-state index contributed by atoms with van der Waals surface area (Å²) in [7, 11) is 0. The molecule has 0 aliphatic heterocycles. The van der Waals surface area contributed by atoms with E-state index in [2.05, 4.69) is 36.8 Å². The monoisotopic (exact) mass is 322 g/mol. The lowest BCUT2D eigenvalue weighted by Crippen LogP contribution is -2.15. The molecule has 14 heavy (non-hydrogen) atoms. The van der Waals surface area contributed by atoms with Gasteiger partial charge < -0.3 is 10.8 Å². The summed E-state index contributed by atoms with van der Waals surface area (Å²) in [4.78, 5) is 4.28. The van der Waals surface area contributed by atoms with Gasteiger partial charge in [0, 0.05) is 34.2 Å². The summed E-state index contributed by atoms with van der Waals surface area (Å²) in [5, 5.41) is 8.87. The Morgan fingerprint density at radius 2 is 2.21 bits per heavy atom. The molecular formula is C9H12Br2N2O. The van der Waals surface area contributed by atoms with E-state index in [0.717, 1.165) is 14.6 Å². The van der Waals surface area contributed by atoms with Crippen LogP contribution in [0, 0.1) is 0 Å². The van der Waals surface area contributed by atoms with Gasteiger partial charge in [-0.25, -0.2) is 0 Å². The molecule has 3 N–H and O–H groups in total. The Morgan fingerprint density at radius 1 is 1.50 bits per heavy atom. The predicted molar refractivity (Wildman–Crippen MR) is 63.1 cm³/mol. The maximum absolute atomic E-state index is 8.87. The fourth-order valence-electron chi connectivity index (χ4n) is 1.25. The van der Waals surface area contributed by atoms with E-state index in [0.29, 0.717) is 13.0 Å². The summed E-state index contributed by atoms with van der Waals surface area (Å²) in [6.45, 7) is 0.625. The Kier molecular flexibility index (Phi) is 5.01. The van der Waals surface area contributed by atoms with E-state index in [-0.39, 0.29) is 12.5 Å². The number of rotatable bonds is 4. The Hall–Kier alpha value is 0.0300. The van der Waals surface area contributed by atoms with Crippen LogP contribution in [0.3, 0.4) is 0 Å². The molecule has 0 radical (unpaired) electrons. The second-order valence-electron chi connectivity index (χ2n) is 2.97. The average Bonchev–Trinajstić information content (AvgIpc) is 2.15. The molecule has 0 saturated heterocycles. The third-order valence-corrected chi connectivity index (χ3v) is 3.05. The van der Waals surface area contributed by atoms with Crippen LogP contribution in [-0.2, 0) is 0 Å². The van der Waals surface area contributed by atoms with Crippen molar-refractivity contribution in [3.05, 3.63) is 26.9 Å². The lowest BCUT2D eigenvalue weighted by Gasteiger charge is -2.14. The molecule has 3 nitrogen and oxygen atoms in total. The summed E-state index contributed by atoms with van der Waals surface area (Å²) >= 11 is 6.76. The molecule has 0 aliphatic rings. The van der Waals surface area contributed by atoms with Crippen LogP contribution in [-0.4, -0.2) is 23.2 Å². The molecule has 0 spiro atoms.